The van der Waals surface area contributed by atoms with Gasteiger partial charge in [0.25, 0.3) is 0 Å². The Bertz CT molecular complexity index is 801. The van der Waals surface area contributed by atoms with E-state index in [0.717, 1.165) is 31.5 Å². The minimum Gasteiger partial charge on any atom is -0.435 e. The standard InChI is InChI=1S/C23H26FNO4/c1-2-28-23(27)29-21(17-6-4-3-5-7-17)16-25-14-12-19(13-15-25)22(26)18-8-10-20(24)11-9-18/h3-11,19,21H,2,12-16H2,1H3. The van der Waals surface area contributed by atoms with Crippen LogP contribution in [0.4, 0.5) is 9.18 Å². The zero-order chi connectivity index (χ0) is 20.6. The second-order valence-electron chi connectivity index (χ2n) is 7.15. The van der Waals surface area contributed by atoms with Crippen LogP contribution in [0.15, 0.2) is 54.6 Å². The highest BCUT2D eigenvalue weighted by atomic mass is 19.1. The smallest absolute Gasteiger partial charge is 0.435 e. The Labute approximate surface area is 170 Å². The molecule has 0 spiro atoms. The first kappa shape index (κ1) is 21.0. The molecule has 0 radical (unpaired) electrons. The average Bonchev–Trinajstić information content (AvgIpc) is 2.75. The highest BCUT2D eigenvalue weighted by Gasteiger charge is 2.28. The van der Waals surface area contributed by atoms with Gasteiger partial charge in [-0.1, -0.05) is 30.3 Å². The van der Waals surface area contributed by atoms with Crippen LogP contribution in [-0.4, -0.2) is 43.1 Å². The van der Waals surface area contributed by atoms with E-state index in [2.05, 4.69) is 4.90 Å². The summed E-state index contributed by atoms with van der Waals surface area (Å²) < 4.78 is 23.5. The summed E-state index contributed by atoms with van der Waals surface area (Å²) in [6.45, 7) is 4.00. The van der Waals surface area contributed by atoms with E-state index in [9.17, 15) is 14.0 Å². The molecule has 2 aromatic rings. The van der Waals surface area contributed by atoms with Gasteiger partial charge in [-0.15, -0.1) is 0 Å². The molecule has 1 unspecified atom stereocenters. The maximum Gasteiger partial charge on any atom is 0.508 e. The second-order valence-corrected chi connectivity index (χ2v) is 7.15. The number of ether oxygens (including phenoxy) is 2. The number of likely N-dealkylation sites (tertiary alicyclic amines) is 1. The maximum absolute atomic E-state index is 13.1. The normalized spacial score (nSPS) is 16.2. The van der Waals surface area contributed by atoms with Gasteiger partial charge in [0.15, 0.2) is 5.78 Å². The highest BCUT2D eigenvalue weighted by molar-refractivity contribution is 5.97. The van der Waals surface area contributed by atoms with Gasteiger partial charge >= 0.3 is 6.16 Å². The summed E-state index contributed by atoms with van der Waals surface area (Å²) in [7, 11) is 0. The van der Waals surface area contributed by atoms with Crippen LogP contribution >= 0.6 is 0 Å². The number of carbonyl (C=O) groups excluding carboxylic acids is 2. The number of Topliss-reactive ketones (excluding diaryl/α,β-unsaturated/α-hetero) is 1. The number of nitrogens with zero attached hydrogens (tertiary/aromatic N) is 1. The molecule has 3 rings (SSSR count). The quantitative estimate of drug-likeness (QED) is 0.502. The van der Waals surface area contributed by atoms with Crippen LogP contribution in [0.25, 0.3) is 0 Å². The molecule has 154 valence electrons. The van der Waals surface area contributed by atoms with Gasteiger partial charge in [0.1, 0.15) is 11.9 Å². The van der Waals surface area contributed by atoms with E-state index in [1.54, 1.807) is 19.1 Å². The molecule has 1 aliphatic heterocycles. The molecule has 2 aromatic carbocycles. The van der Waals surface area contributed by atoms with E-state index >= 15 is 0 Å². The number of ketones is 1. The van der Waals surface area contributed by atoms with Gasteiger partial charge in [-0.05, 0) is 62.7 Å². The minimum atomic E-state index is -0.678. The number of carbonyl (C=O) groups is 2. The molecular weight excluding hydrogens is 373 g/mol. The number of hydrogen-bond acceptors (Lipinski definition) is 5. The molecule has 6 heteroatoms. The molecule has 1 aliphatic rings. The van der Waals surface area contributed by atoms with Gasteiger partial charge < -0.3 is 9.47 Å². The largest absolute Gasteiger partial charge is 0.508 e. The Hall–Kier alpha value is -2.73. The molecule has 0 aromatic heterocycles. The molecule has 0 amide bonds. The summed E-state index contributed by atoms with van der Waals surface area (Å²) in [4.78, 5) is 26.7. The van der Waals surface area contributed by atoms with Gasteiger partial charge in [0.2, 0.25) is 0 Å². The number of hydrogen-bond donors (Lipinski definition) is 0. The number of rotatable bonds is 7. The fourth-order valence-corrected chi connectivity index (χ4v) is 3.61. The van der Waals surface area contributed by atoms with Gasteiger partial charge in [-0.2, -0.15) is 0 Å². The van der Waals surface area contributed by atoms with Crippen LogP contribution in [0.2, 0.25) is 0 Å². The van der Waals surface area contributed by atoms with Gasteiger partial charge in [-0.25, -0.2) is 9.18 Å². The van der Waals surface area contributed by atoms with E-state index in [4.69, 9.17) is 9.47 Å². The first-order chi connectivity index (χ1) is 14.1. The van der Waals surface area contributed by atoms with Crippen molar-refractivity contribution in [1.29, 1.82) is 0 Å². The van der Waals surface area contributed by atoms with Crippen LogP contribution in [0.3, 0.4) is 0 Å². The summed E-state index contributed by atoms with van der Waals surface area (Å²) in [5, 5.41) is 0. The molecule has 0 aliphatic carbocycles. The third-order valence-corrected chi connectivity index (χ3v) is 5.18. The number of benzene rings is 2. The van der Waals surface area contributed by atoms with E-state index in [1.165, 1.54) is 12.1 Å². The molecule has 1 atom stereocenters. The van der Waals surface area contributed by atoms with Crippen molar-refractivity contribution in [3.63, 3.8) is 0 Å². The molecule has 1 fully saturated rings. The van der Waals surface area contributed by atoms with Gasteiger partial charge in [0.05, 0.1) is 6.61 Å². The Morgan fingerprint density at radius 1 is 1.07 bits per heavy atom. The van der Waals surface area contributed by atoms with Crippen molar-refractivity contribution in [3.8, 4) is 0 Å². The van der Waals surface area contributed by atoms with Crippen molar-refractivity contribution < 1.29 is 23.5 Å². The molecule has 5 nitrogen and oxygen atoms in total. The summed E-state index contributed by atoms with van der Waals surface area (Å²) in [5.41, 5.74) is 1.46. The predicted molar refractivity (Wildman–Crippen MR) is 107 cm³/mol. The van der Waals surface area contributed by atoms with Crippen molar-refractivity contribution in [3.05, 3.63) is 71.5 Å². The molecule has 1 saturated heterocycles. The summed E-state index contributed by atoms with van der Waals surface area (Å²) in [6, 6.07) is 15.3. The first-order valence-electron chi connectivity index (χ1n) is 9.97. The predicted octanol–water partition coefficient (Wildman–Crippen LogP) is 4.63. The second kappa shape index (κ2) is 10.2. The molecule has 0 bridgehead atoms. The van der Waals surface area contributed by atoms with E-state index in [-0.39, 0.29) is 24.1 Å². The number of halogens is 1. The minimum absolute atomic E-state index is 0.0621. The van der Waals surface area contributed by atoms with Gasteiger partial charge in [-0.3, -0.25) is 9.69 Å². The lowest BCUT2D eigenvalue weighted by molar-refractivity contribution is 0.00804. The summed E-state index contributed by atoms with van der Waals surface area (Å²) in [5.74, 6) is -0.352. The molecule has 1 heterocycles. The van der Waals surface area contributed by atoms with E-state index in [1.807, 2.05) is 30.3 Å². The topological polar surface area (TPSA) is 55.8 Å². The fourth-order valence-electron chi connectivity index (χ4n) is 3.61. The van der Waals surface area contributed by atoms with Crippen LogP contribution in [-0.2, 0) is 9.47 Å². The molecule has 0 N–H and O–H groups in total. The Balaban J connectivity index is 1.58. The highest BCUT2D eigenvalue weighted by Crippen LogP contribution is 2.25. The van der Waals surface area contributed by atoms with Gasteiger partial charge in [0, 0.05) is 18.0 Å². The zero-order valence-corrected chi connectivity index (χ0v) is 16.6. The van der Waals surface area contributed by atoms with Crippen molar-refractivity contribution in [2.24, 2.45) is 5.92 Å². The molecule has 0 saturated carbocycles. The third kappa shape index (κ3) is 5.87. The Kier molecular flexibility index (Phi) is 7.36. The van der Waals surface area contributed by atoms with E-state index in [0.29, 0.717) is 12.1 Å². The van der Waals surface area contributed by atoms with E-state index < -0.39 is 12.3 Å². The van der Waals surface area contributed by atoms with Crippen molar-refractivity contribution in [2.45, 2.75) is 25.9 Å². The lowest BCUT2D eigenvalue weighted by atomic mass is 9.88. The van der Waals surface area contributed by atoms with Crippen LogP contribution in [0, 0.1) is 11.7 Å². The zero-order valence-electron chi connectivity index (χ0n) is 16.6. The maximum atomic E-state index is 13.1. The van der Waals surface area contributed by atoms with Crippen molar-refractivity contribution in [2.75, 3.05) is 26.2 Å². The average molecular weight is 399 g/mol. The third-order valence-electron chi connectivity index (χ3n) is 5.18. The SMILES string of the molecule is CCOC(=O)OC(CN1CCC(C(=O)c2ccc(F)cc2)CC1)c1ccccc1. The van der Waals surface area contributed by atoms with Crippen LogP contribution in [0.1, 0.15) is 41.8 Å². The van der Waals surface area contributed by atoms with Crippen LogP contribution in [0.5, 0.6) is 0 Å². The Morgan fingerprint density at radius 2 is 1.72 bits per heavy atom. The summed E-state index contributed by atoms with van der Waals surface area (Å²) >= 11 is 0. The van der Waals surface area contributed by atoms with Crippen molar-refractivity contribution in [1.82, 2.24) is 4.90 Å². The number of piperidine rings is 1. The first-order valence-corrected chi connectivity index (χ1v) is 9.97. The monoisotopic (exact) mass is 399 g/mol. The fraction of sp³-hybridized carbons (Fsp3) is 0.391. The van der Waals surface area contributed by atoms with Crippen LogP contribution < -0.4 is 0 Å². The molecular formula is C23H26FNO4. The van der Waals surface area contributed by atoms with Crippen molar-refractivity contribution >= 4 is 11.9 Å². The Morgan fingerprint density at radius 3 is 2.34 bits per heavy atom. The molecule has 29 heavy (non-hydrogen) atoms. The summed E-state index contributed by atoms with van der Waals surface area (Å²) in [6.07, 6.45) is 0.330. The lowest BCUT2D eigenvalue weighted by Gasteiger charge is -2.33. The lowest BCUT2D eigenvalue weighted by Crippen LogP contribution is -2.39.